The minimum Gasteiger partial charge on any atom is -0.496 e. The van der Waals surface area contributed by atoms with Gasteiger partial charge < -0.3 is 15.8 Å². The third-order valence-corrected chi connectivity index (χ3v) is 2.71. The lowest BCUT2D eigenvalue weighted by atomic mass is 10.1. The molecule has 104 valence electrons. The van der Waals surface area contributed by atoms with Gasteiger partial charge in [0.2, 0.25) is 0 Å². The molecule has 4 nitrogen and oxygen atoms in total. The SMILES string of the molecule is COc1cccc(N)c1C(=O)Nc1cccc(F)c1F. The van der Waals surface area contributed by atoms with Crippen molar-refractivity contribution in [1.82, 2.24) is 0 Å². The van der Waals surface area contributed by atoms with Crippen molar-refractivity contribution in [3.8, 4) is 5.75 Å². The number of ether oxygens (including phenoxy) is 1. The van der Waals surface area contributed by atoms with Crippen molar-refractivity contribution in [3.05, 3.63) is 53.6 Å². The van der Waals surface area contributed by atoms with Crippen LogP contribution in [-0.2, 0) is 0 Å². The van der Waals surface area contributed by atoms with Gasteiger partial charge in [0.15, 0.2) is 11.6 Å². The fourth-order valence-corrected chi connectivity index (χ4v) is 1.75. The van der Waals surface area contributed by atoms with Crippen LogP contribution >= 0.6 is 0 Å². The van der Waals surface area contributed by atoms with Crippen LogP contribution in [0, 0.1) is 11.6 Å². The first-order valence-electron chi connectivity index (χ1n) is 5.72. The second-order valence-electron chi connectivity index (χ2n) is 3.98. The third kappa shape index (κ3) is 2.54. The molecule has 0 aliphatic heterocycles. The van der Waals surface area contributed by atoms with Crippen molar-refractivity contribution >= 4 is 17.3 Å². The van der Waals surface area contributed by atoms with Gasteiger partial charge in [-0.3, -0.25) is 4.79 Å². The molecule has 0 unspecified atom stereocenters. The molecule has 0 aromatic heterocycles. The third-order valence-electron chi connectivity index (χ3n) is 2.71. The maximum absolute atomic E-state index is 13.5. The van der Waals surface area contributed by atoms with Gasteiger partial charge in [-0.15, -0.1) is 0 Å². The number of anilines is 2. The molecule has 0 aliphatic rings. The number of halogens is 2. The number of nitrogens with one attached hydrogen (secondary N) is 1. The largest absolute Gasteiger partial charge is 0.496 e. The Morgan fingerprint density at radius 2 is 1.90 bits per heavy atom. The quantitative estimate of drug-likeness (QED) is 0.848. The van der Waals surface area contributed by atoms with E-state index in [0.717, 1.165) is 6.07 Å². The maximum atomic E-state index is 13.5. The number of carbonyl (C=O) groups is 1. The number of hydrogen-bond acceptors (Lipinski definition) is 3. The second-order valence-corrected chi connectivity index (χ2v) is 3.98. The van der Waals surface area contributed by atoms with E-state index in [1.54, 1.807) is 12.1 Å². The van der Waals surface area contributed by atoms with Crippen LogP contribution in [0.1, 0.15) is 10.4 Å². The van der Waals surface area contributed by atoms with E-state index in [1.807, 2.05) is 0 Å². The van der Waals surface area contributed by atoms with Crippen LogP contribution in [0.4, 0.5) is 20.2 Å². The number of carbonyl (C=O) groups excluding carboxylic acids is 1. The Balaban J connectivity index is 2.36. The minimum atomic E-state index is -1.13. The summed E-state index contributed by atoms with van der Waals surface area (Å²) < 4.78 is 31.6. The molecule has 0 radical (unpaired) electrons. The lowest BCUT2D eigenvalue weighted by Crippen LogP contribution is -2.16. The number of rotatable bonds is 3. The summed E-state index contributed by atoms with van der Waals surface area (Å²) >= 11 is 0. The predicted octanol–water partition coefficient (Wildman–Crippen LogP) is 2.81. The summed E-state index contributed by atoms with van der Waals surface area (Å²) in [5, 5.41) is 2.27. The topological polar surface area (TPSA) is 64.3 Å². The molecule has 2 rings (SSSR count). The van der Waals surface area contributed by atoms with Gasteiger partial charge in [0, 0.05) is 5.69 Å². The average molecular weight is 278 g/mol. The van der Waals surface area contributed by atoms with E-state index < -0.39 is 17.5 Å². The summed E-state index contributed by atoms with van der Waals surface area (Å²) in [5.41, 5.74) is 5.69. The van der Waals surface area contributed by atoms with Crippen molar-refractivity contribution in [1.29, 1.82) is 0 Å². The highest BCUT2D eigenvalue weighted by Gasteiger charge is 2.18. The molecule has 3 N–H and O–H groups in total. The fraction of sp³-hybridized carbons (Fsp3) is 0.0714. The number of benzene rings is 2. The fourth-order valence-electron chi connectivity index (χ4n) is 1.75. The summed E-state index contributed by atoms with van der Waals surface area (Å²) in [6.07, 6.45) is 0. The average Bonchev–Trinajstić information content (AvgIpc) is 2.43. The zero-order chi connectivity index (χ0) is 14.7. The molecular weight excluding hydrogens is 266 g/mol. The Morgan fingerprint density at radius 1 is 1.20 bits per heavy atom. The highest BCUT2D eigenvalue weighted by molar-refractivity contribution is 6.09. The molecule has 2 aromatic carbocycles. The molecule has 1 amide bonds. The minimum absolute atomic E-state index is 0.0682. The van der Waals surface area contributed by atoms with E-state index in [9.17, 15) is 13.6 Å². The standard InChI is InChI=1S/C14H12F2N2O2/c1-20-11-7-3-5-9(17)12(11)14(19)18-10-6-2-4-8(15)13(10)16/h2-7H,17H2,1H3,(H,18,19). The van der Waals surface area contributed by atoms with Crippen LogP contribution in [0.3, 0.4) is 0 Å². The van der Waals surface area contributed by atoms with Gasteiger partial charge in [-0.1, -0.05) is 12.1 Å². The number of nitrogen functional groups attached to an aromatic ring is 1. The summed E-state index contributed by atoms with van der Waals surface area (Å²) in [4.78, 5) is 12.1. The van der Waals surface area contributed by atoms with Crippen molar-refractivity contribution in [3.63, 3.8) is 0 Å². The number of methoxy groups -OCH3 is 1. The normalized spacial score (nSPS) is 10.2. The zero-order valence-corrected chi connectivity index (χ0v) is 10.6. The van der Waals surface area contributed by atoms with E-state index in [4.69, 9.17) is 10.5 Å². The number of nitrogens with two attached hydrogens (primary N) is 1. The van der Waals surface area contributed by atoms with E-state index in [0.29, 0.717) is 0 Å². The van der Waals surface area contributed by atoms with Crippen LogP contribution in [0.25, 0.3) is 0 Å². The second kappa shape index (κ2) is 5.56. The maximum Gasteiger partial charge on any atom is 0.261 e. The molecule has 20 heavy (non-hydrogen) atoms. The van der Waals surface area contributed by atoms with Gasteiger partial charge in [0.05, 0.1) is 12.8 Å². The van der Waals surface area contributed by atoms with Crippen LogP contribution < -0.4 is 15.8 Å². The van der Waals surface area contributed by atoms with E-state index >= 15 is 0 Å². The van der Waals surface area contributed by atoms with Crippen LogP contribution in [0.5, 0.6) is 5.75 Å². The van der Waals surface area contributed by atoms with Gasteiger partial charge in [-0.25, -0.2) is 8.78 Å². The van der Waals surface area contributed by atoms with Crippen molar-refractivity contribution in [2.45, 2.75) is 0 Å². The van der Waals surface area contributed by atoms with Gasteiger partial charge in [-0.2, -0.15) is 0 Å². The van der Waals surface area contributed by atoms with Crippen molar-refractivity contribution in [2.75, 3.05) is 18.2 Å². The first-order valence-corrected chi connectivity index (χ1v) is 5.72. The predicted molar refractivity (Wildman–Crippen MR) is 71.7 cm³/mol. The molecular formula is C14H12F2N2O2. The molecule has 0 saturated carbocycles. The van der Waals surface area contributed by atoms with E-state index in [2.05, 4.69) is 5.32 Å². The Bertz CT molecular complexity index is 660. The lowest BCUT2D eigenvalue weighted by molar-refractivity contribution is 0.102. The smallest absolute Gasteiger partial charge is 0.261 e. The number of hydrogen-bond donors (Lipinski definition) is 2. The summed E-state index contributed by atoms with van der Waals surface area (Å²) in [6, 6.07) is 8.18. The Morgan fingerprint density at radius 3 is 2.60 bits per heavy atom. The first kappa shape index (κ1) is 13.8. The Labute approximate surface area is 114 Å². The summed E-state index contributed by atoms with van der Waals surface area (Å²) in [6.45, 7) is 0. The molecule has 6 heteroatoms. The first-order chi connectivity index (χ1) is 9.54. The molecule has 0 bridgehead atoms. The van der Waals surface area contributed by atoms with E-state index in [1.165, 1.54) is 25.3 Å². The number of amides is 1. The van der Waals surface area contributed by atoms with Gasteiger partial charge in [-0.05, 0) is 24.3 Å². The monoisotopic (exact) mass is 278 g/mol. The highest BCUT2D eigenvalue weighted by atomic mass is 19.2. The molecule has 0 aliphatic carbocycles. The van der Waals surface area contributed by atoms with Crippen LogP contribution in [0.15, 0.2) is 36.4 Å². The van der Waals surface area contributed by atoms with Gasteiger partial charge in [0.1, 0.15) is 11.3 Å². The summed E-state index contributed by atoms with van der Waals surface area (Å²) in [5.74, 6) is -2.60. The molecule has 0 spiro atoms. The van der Waals surface area contributed by atoms with Crippen molar-refractivity contribution < 1.29 is 18.3 Å². The van der Waals surface area contributed by atoms with Crippen molar-refractivity contribution in [2.24, 2.45) is 0 Å². The van der Waals surface area contributed by atoms with Gasteiger partial charge >= 0.3 is 0 Å². The molecule has 0 fully saturated rings. The zero-order valence-electron chi connectivity index (χ0n) is 10.6. The molecule has 0 atom stereocenters. The molecule has 2 aromatic rings. The lowest BCUT2D eigenvalue weighted by Gasteiger charge is -2.12. The Kier molecular flexibility index (Phi) is 3.84. The van der Waals surface area contributed by atoms with Crippen LogP contribution in [0.2, 0.25) is 0 Å². The summed E-state index contributed by atoms with van der Waals surface area (Å²) in [7, 11) is 1.38. The molecule has 0 heterocycles. The highest BCUT2D eigenvalue weighted by Crippen LogP contribution is 2.26. The Hall–Kier alpha value is -2.63. The van der Waals surface area contributed by atoms with E-state index in [-0.39, 0.29) is 22.7 Å². The molecule has 0 saturated heterocycles. The van der Waals surface area contributed by atoms with Crippen LogP contribution in [-0.4, -0.2) is 13.0 Å². The van der Waals surface area contributed by atoms with Gasteiger partial charge in [0.25, 0.3) is 5.91 Å².